The first kappa shape index (κ1) is 46.3. The average molecular weight is 811 g/mol. The molecule has 0 spiro atoms. The van der Waals surface area contributed by atoms with Gasteiger partial charge in [-0.05, 0) is 61.3 Å². The van der Waals surface area contributed by atoms with E-state index in [0.29, 0.717) is 0 Å². The van der Waals surface area contributed by atoms with E-state index in [2.05, 4.69) is 65.3 Å². The van der Waals surface area contributed by atoms with Gasteiger partial charge in [0.15, 0.2) is 0 Å². The van der Waals surface area contributed by atoms with Crippen LogP contribution in [-0.4, -0.2) is 88.6 Å². The lowest BCUT2D eigenvalue weighted by molar-refractivity contribution is 0.710. The van der Waals surface area contributed by atoms with Crippen LogP contribution in [-0.2, 0) is 35.2 Å². The van der Waals surface area contributed by atoms with Gasteiger partial charge in [-0.1, -0.05) is 5.21 Å². The Balaban J connectivity index is 0.000000304. The molecule has 0 saturated carbocycles. The molecular weight excluding hydrogens is 765 g/mol. The first-order valence-corrected chi connectivity index (χ1v) is 19.1. The summed E-state index contributed by atoms with van der Waals surface area (Å²) in [6.45, 7) is 8.04. The minimum Gasteiger partial charge on any atom is -0.341 e. The summed E-state index contributed by atoms with van der Waals surface area (Å²) in [5.41, 5.74) is 6.02. The van der Waals surface area contributed by atoms with Gasteiger partial charge in [0.2, 0.25) is 0 Å². The van der Waals surface area contributed by atoms with E-state index in [4.69, 9.17) is 0 Å². The number of nitrogens with zero attached hydrogens (tertiary/aromatic N) is 18. The fourth-order valence-electron chi connectivity index (χ4n) is 2.52. The maximum Gasteiger partial charge on any atom is 0.137 e. The van der Waals surface area contributed by atoms with Gasteiger partial charge in [0.05, 0.1) is 28.6 Å². The van der Waals surface area contributed by atoms with Crippen LogP contribution in [0.15, 0.2) is 114 Å². The number of tetrazole rings is 1. The predicted octanol–water partition coefficient (Wildman–Crippen LogP) is 5.49. The summed E-state index contributed by atoms with van der Waals surface area (Å²) >= 11 is 6.45. The Morgan fingerprint density at radius 3 is 1.61 bits per heavy atom. The zero-order valence-corrected chi connectivity index (χ0v) is 34.9. The van der Waals surface area contributed by atoms with Crippen molar-refractivity contribution in [1.29, 1.82) is 0 Å². The Labute approximate surface area is 331 Å². The van der Waals surface area contributed by atoms with Crippen molar-refractivity contribution in [2.45, 2.75) is 27.7 Å². The van der Waals surface area contributed by atoms with E-state index in [9.17, 15) is 0 Å². The van der Waals surface area contributed by atoms with E-state index in [1.807, 2.05) is 118 Å². The second-order valence-electron chi connectivity index (χ2n) is 10.0. The van der Waals surface area contributed by atoms with Crippen LogP contribution in [0, 0.1) is 27.7 Å². The lowest BCUT2D eigenvalue weighted by Crippen LogP contribution is -1.85. The topological polar surface area (TPSA) is 192 Å². The van der Waals surface area contributed by atoms with Crippen molar-refractivity contribution in [3.8, 4) is 0 Å². The van der Waals surface area contributed by atoms with Gasteiger partial charge in [-0.2, -0.15) is 10.2 Å². The summed E-state index contributed by atoms with van der Waals surface area (Å²) in [6, 6.07) is 1.89. The maximum atomic E-state index is 3.94. The smallest absolute Gasteiger partial charge is 0.137 e. The van der Waals surface area contributed by atoms with Crippen molar-refractivity contribution >= 4 is 45.5 Å². The van der Waals surface area contributed by atoms with Crippen LogP contribution >= 0.6 is 45.5 Å². The molecule has 9 heterocycles. The van der Waals surface area contributed by atoms with E-state index in [-0.39, 0.29) is 0 Å². The molecule has 0 aliphatic carbocycles. The van der Waals surface area contributed by atoms with E-state index in [1.165, 1.54) is 39.3 Å². The van der Waals surface area contributed by atoms with Gasteiger partial charge in [0.25, 0.3) is 0 Å². The molecule has 0 aliphatic rings. The Bertz CT molecular complexity index is 1460. The number of rotatable bonds is 0. The molecule has 0 unspecified atom stereocenters. The fraction of sp³-hybridized carbons (Fsp3) is 0.281. The number of hydrogen-bond donors (Lipinski definition) is 0. The number of aromatic nitrogens is 18. The van der Waals surface area contributed by atoms with E-state index in [1.54, 1.807) is 98.7 Å². The van der Waals surface area contributed by atoms with Crippen molar-refractivity contribution in [2.75, 3.05) is 0 Å². The van der Waals surface area contributed by atoms with Crippen LogP contribution < -0.4 is 0 Å². The Morgan fingerprint density at radius 1 is 0.611 bits per heavy atom. The largest absolute Gasteiger partial charge is 0.341 e. The molecule has 0 N–H and O–H groups in total. The van der Waals surface area contributed by atoms with Crippen LogP contribution in [0.3, 0.4) is 0 Å². The fourth-order valence-corrected chi connectivity index (χ4v) is 4.43. The van der Waals surface area contributed by atoms with Gasteiger partial charge in [-0.15, -0.1) is 44.2 Å². The summed E-state index contributed by atoms with van der Waals surface area (Å²) in [4.78, 5) is 20.4. The van der Waals surface area contributed by atoms with Gasteiger partial charge in [-0.3, -0.25) is 29.0 Å². The van der Waals surface area contributed by atoms with Crippen LogP contribution in [0.2, 0.25) is 0 Å². The molecule has 0 aliphatic heterocycles. The normalized spacial score (nSPS) is 8.83. The molecule has 9 aromatic heterocycles. The maximum absolute atomic E-state index is 3.94. The third-order valence-electron chi connectivity index (χ3n) is 5.02. The van der Waals surface area contributed by atoms with Crippen molar-refractivity contribution < 1.29 is 0 Å². The van der Waals surface area contributed by atoms with Crippen molar-refractivity contribution in [3.63, 3.8) is 0 Å². The summed E-state index contributed by atoms with van der Waals surface area (Å²) < 4.78 is 12.3. The molecule has 9 aromatic rings. The summed E-state index contributed by atoms with van der Waals surface area (Å²) in [5.74, 6) is 0. The van der Waals surface area contributed by atoms with E-state index >= 15 is 0 Å². The third-order valence-corrected chi connectivity index (χ3v) is 7.84. The third kappa shape index (κ3) is 28.9. The summed E-state index contributed by atoms with van der Waals surface area (Å²) in [6.07, 6.45) is 22.6. The molecule has 9 rings (SSSR count). The highest BCUT2D eigenvalue weighted by molar-refractivity contribution is 7.09. The first-order valence-electron chi connectivity index (χ1n) is 15.6. The molecule has 0 aromatic carbocycles. The van der Waals surface area contributed by atoms with Crippen LogP contribution in [0.4, 0.5) is 0 Å². The molecule has 22 heteroatoms. The number of imidazole rings is 1. The number of aryl methyl sites for hydroxylation is 9. The molecule has 18 nitrogen and oxygen atoms in total. The molecule has 288 valence electrons. The molecule has 0 bridgehead atoms. The molecule has 0 amide bonds. The Kier molecular flexibility index (Phi) is 26.5. The quantitative estimate of drug-likeness (QED) is 0.187. The minimum absolute atomic E-state index is 1.11. The van der Waals surface area contributed by atoms with Crippen LogP contribution in [0.5, 0.6) is 0 Å². The van der Waals surface area contributed by atoms with Crippen molar-refractivity contribution in [3.05, 3.63) is 135 Å². The second-order valence-corrected chi connectivity index (χ2v) is 13.6. The summed E-state index contributed by atoms with van der Waals surface area (Å²) in [7, 11) is 9.24. The van der Waals surface area contributed by atoms with Gasteiger partial charge in [0, 0.05) is 112 Å². The zero-order valence-electron chi connectivity index (χ0n) is 31.7. The lowest BCUT2D eigenvalue weighted by Gasteiger charge is -1.77. The highest BCUT2D eigenvalue weighted by Gasteiger charge is 1.79. The summed E-state index contributed by atoms with van der Waals surface area (Å²) in [5, 5.41) is 32.0. The first-order chi connectivity index (χ1) is 26.0. The van der Waals surface area contributed by atoms with Crippen LogP contribution in [0.1, 0.15) is 21.1 Å². The number of thiazole rings is 3. The van der Waals surface area contributed by atoms with Crippen LogP contribution in [0.25, 0.3) is 0 Å². The van der Waals surface area contributed by atoms with Gasteiger partial charge >= 0.3 is 0 Å². The predicted molar refractivity (Wildman–Crippen MR) is 215 cm³/mol. The molecule has 0 atom stereocenters. The van der Waals surface area contributed by atoms with Crippen molar-refractivity contribution in [2.24, 2.45) is 35.2 Å². The molecule has 0 radical (unpaired) electrons. The average Bonchev–Trinajstić information content (AvgIpc) is 3.98. The van der Waals surface area contributed by atoms with Gasteiger partial charge in [0.1, 0.15) is 19.0 Å². The molecule has 54 heavy (non-hydrogen) atoms. The molecular formula is C32H46N18S4. The number of hydrogen-bond acceptors (Lipinski definition) is 17. The Morgan fingerprint density at radius 2 is 1.44 bits per heavy atom. The molecule has 0 fully saturated rings. The van der Waals surface area contributed by atoms with Crippen molar-refractivity contribution in [1.82, 2.24) is 88.6 Å². The second kappa shape index (κ2) is 30.9. The zero-order chi connectivity index (χ0) is 39.7. The van der Waals surface area contributed by atoms with E-state index < -0.39 is 0 Å². The monoisotopic (exact) mass is 810 g/mol. The SMILES string of the molecule is Cc1cncs1.Cc1cnsc1.Cc1cscn1.Cc1nccs1.Cn1cccn1.Cn1ccnc1.Cn1ccnn1.Cn1cncn1.Cn1cnnn1. The Hall–Kier alpha value is -5.71. The highest BCUT2D eigenvalue weighted by Crippen LogP contribution is 2.00. The standard InChI is InChI=1S/2C4H6N2.4C4H5NS.2C3H5N3.C2H4N4/c1-6-3-2-5-4-6;1-6-4-2-3-5-6;1-4-2-6-3-5-4;1-4-2-5-3-6-4;1-4-2-5-6-3-4;1-4-5-2-3-6-4;1-6-3-4-2-5-6;1-6-3-2-4-5-6;1-6-2-3-4-5-6/h2*2-4H,1H3;6*2-3H,1H3;2H,1H3. The van der Waals surface area contributed by atoms with Gasteiger partial charge in [-0.25, -0.2) is 19.0 Å². The molecule has 0 saturated heterocycles. The lowest BCUT2D eigenvalue weighted by atomic mass is 10.5. The highest BCUT2D eigenvalue weighted by atomic mass is 32.1. The minimum atomic E-state index is 1.11. The van der Waals surface area contributed by atoms with E-state index in [0.717, 1.165) is 10.7 Å². The van der Waals surface area contributed by atoms with Gasteiger partial charge < -0.3 is 4.57 Å².